The molecule has 1 rings (SSSR count). The van der Waals surface area contributed by atoms with Crippen LogP contribution in [-0.2, 0) is 9.53 Å². The zero-order chi connectivity index (χ0) is 15.2. The monoisotopic (exact) mass is 300 g/mol. The van der Waals surface area contributed by atoms with E-state index in [1.807, 2.05) is 20.8 Å². The molecule has 1 aliphatic rings. The van der Waals surface area contributed by atoms with E-state index in [9.17, 15) is 4.79 Å². The summed E-state index contributed by atoms with van der Waals surface area (Å²) in [5.74, 6) is -0.131. The van der Waals surface area contributed by atoms with Gasteiger partial charge in [0.05, 0.1) is 16.1 Å². The van der Waals surface area contributed by atoms with Crippen LogP contribution in [0.5, 0.6) is 0 Å². The van der Waals surface area contributed by atoms with Crippen molar-refractivity contribution in [3.8, 4) is 0 Å². The van der Waals surface area contributed by atoms with Crippen molar-refractivity contribution < 1.29 is 9.53 Å². The van der Waals surface area contributed by atoms with Crippen LogP contribution in [0.4, 0.5) is 0 Å². The van der Waals surface area contributed by atoms with Crippen molar-refractivity contribution in [3.63, 3.8) is 0 Å². The van der Waals surface area contributed by atoms with Crippen molar-refractivity contribution >= 4 is 23.1 Å². The molecule has 1 saturated carbocycles. The lowest BCUT2D eigenvalue weighted by Crippen LogP contribution is -2.57. The SMILES string of the molecule is CC(C)(C)OCC(=O)NC1(C(N)=S)CCCCCCC1. The molecule has 1 amide bonds. The average Bonchev–Trinajstić information content (AvgIpc) is 2.29. The molecule has 5 heteroatoms. The molecule has 0 spiro atoms. The molecule has 0 saturated heterocycles. The predicted octanol–water partition coefficient (Wildman–Crippen LogP) is 2.69. The van der Waals surface area contributed by atoms with Gasteiger partial charge in [-0.3, -0.25) is 4.79 Å². The maximum Gasteiger partial charge on any atom is 0.246 e. The molecule has 3 N–H and O–H groups in total. The van der Waals surface area contributed by atoms with Crippen molar-refractivity contribution in [1.82, 2.24) is 5.32 Å². The minimum absolute atomic E-state index is 0.0495. The molecule has 116 valence electrons. The molecule has 0 unspecified atom stereocenters. The van der Waals surface area contributed by atoms with Crippen LogP contribution in [0.15, 0.2) is 0 Å². The van der Waals surface area contributed by atoms with Crippen molar-refractivity contribution in [2.75, 3.05) is 6.61 Å². The summed E-state index contributed by atoms with van der Waals surface area (Å²) < 4.78 is 5.52. The van der Waals surface area contributed by atoms with Gasteiger partial charge in [-0.2, -0.15) is 0 Å². The van der Waals surface area contributed by atoms with Crippen LogP contribution in [-0.4, -0.2) is 28.6 Å². The van der Waals surface area contributed by atoms with Gasteiger partial charge in [0.2, 0.25) is 5.91 Å². The fraction of sp³-hybridized carbons (Fsp3) is 0.867. The number of carbonyl (C=O) groups excluding carboxylic acids is 1. The first-order valence-electron chi connectivity index (χ1n) is 7.50. The highest BCUT2D eigenvalue weighted by Crippen LogP contribution is 2.27. The number of nitrogens with one attached hydrogen (secondary N) is 1. The molecule has 0 aromatic carbocycles. The predicted molar refractivity (Wildman–Crippen MR) is 85.7 cm³/mol. The molecular weight excluding hydrogens is 272 g/mol. The van der Waals surface area contributed by atoms with Gasteiger partial charge >= 0.3 is 0 Å². The van der Waals surface area contributed by atoms with E-state index in [-0.39, 0.29) is 18.1 Å². The molecule has 0 aliphatic heterocycles. The summed E-state index contributed by atoms with van der Waals surface area (Å²) in [6.07, 6.45) is 7.40. The van der Waals surface area contributed by atoms with Crippen LogP contribution >= 0.6 is 12.2 Å². The zero-order valence-electron chi connectivity index (χ0n) is 13.0. The summed E-state index contributed by atoms with van der Waals surface area (Å²) in [6.45, 7) is 5.84. The summed E-state index contributed by atoms with van der Waals surface area (Å²) in [7, 11) is 0. The number of hydrogen-bond acceptors (Lipinski definition) is 3. The van der Waals surface area contributed by atoms with Gasteiger partial charge in [0.1, 0.15) is 6.61 Å². The quantitative estimate of drug-likeness (QED) is 0.784. The van der Waals surface area contributed by atoms with E-state index >= 15 is 0 Å². The van der Waals surface area contributed by atoms with E-state index in [0.717, 1.165) is 25.7 Å². The van der Waals surface area contributed by atoms with Crippen molar-refractivity contribution in [1.29, 1.82) is 0 Å². The highest BCUT2D eigenvalue weighted by atomic mass is 32.1. The average molecular weight is 300 g/mol. The van der Waals surface area contributed by atoms with Crippen LogP contribution in [0.25, 0.3) is 0 Å². The minimum Gasteiger partial charge on any atom is -0.391 e. The Balaban J connectivity index is 2.65. The molecule has 0 atom stereocenters. The van der Waals surface area contributed by atoms with Crippen LogP contribution in [0, 0.1) is 0 Å². The Hall–Kier alpha value is -0.680. The van der Waals surface area contributed by atoms with Gasteiger partial charge in [-0.15, -0.1) is 0 Å². The highest BCUT2D eigenvalue weighted by molar-refractivity contribution is 7.80. The molecule has 0 bridgehead atoms. The summed E-state index contributed by atoms with van der Waals surface area (Å²) in [4.78, 5) is 12.5. The Morgan fingerprint density at radius 2 is 1.70 bits per heavy atom. The first kappa shape index (κ1) is 17.4. The van der Waals surface area contributed by atoms with E-state index in [4.69, 9.17) is 22.7 Å². The van der Waals surface area contributed by atoms with Crippen molar-refractivity contribution in [2.45, 2.75) is 76.9 Å². The van der Waals surface area contributed by atoms with E-state index < -0.39 is 5.54 Å². The van der Waals surface area contributed by atoms with Gasteiger partial charge in [0.25, 0.3) is 0 Å². The summed E-state index contributed by atoms with van der Waals surface area (Å²) in [6, 6.07) is 0. The molecule has 20 heavy (non-hydrogen) atoms. The Labute approximate surface area is 127 Å². The lowest BCUT2D eigenvalue weighted by atomic mass is 9.83. The van der Waals surface area contributed by atoms with E-state index in [0.29, 0.717) is 4.99 Å². The smallest absolute Gasteiger partial charge is 0.246 e. The van der Waals surface area contributed by atoms with Gasteiger partial charge in [-0.25, -0.2) is 0 Å². The van der Waals surface area contributed by atoms with E-state index in [1.54, 1.807) is 0 Å². The number of rotatable bonds is 4. The normalized spacial score (nSPS) is 19.8. The maximum atomic E-state index is 12.1. The van der Waals surface area contributed by atoms with Crippen molar-refractivity contribution in [2.24, 2.45) is 5.73 Å². The molecule has 0 heterocycles. The fourth-order valence-corrected chi connectivity index (χ4v) is 2.78. The van der Waals surface area contributed by atoms with Crippen LogP contribution in [0.1, 0.15) is 65.7 Å². The van der Waals surface area contributed by atoms with E-state index in [2.05, 4.69) is 5.32 Å². The summed E-state index contributed by atoms with van der Waals surface area (Å²) in [5.41, 5.74) is 5.08. The second kappa shape index (κ2) is 7.36. The number of hydrogen-bond donors (Lipinski definition) is 2. The Kier molecular flexibility index (Phi) is 6.40. The van der Waals surface area contributed by atoms with Gasteiger partial charge < -0.3 is 15.8 Å². The third kappa shape index (κ3) is 5.75. The van der Waals surface area contributed by atoms with Gasteiger partial charge in [-0.1, -0.05) is 44.3 Å². The third-order valence-corrected chi connectivity index (χ3v) is 4.08. The Bertz CT molecular complexity index is 342. The lowest BCUT2D eigenvalue weighted by Gasteiger charge is -2.35. The maximum absolute atomic E-state index is 12.1. The van der Waals surface area contributed by atoms with Crippen LogP contribution in [0.2, 0.25) is 0 Å². The second-order valence-corrected chi connectivity index (χ2v) is 7.10. The van der Waals surface area contributed by atoms with Gasteiger partial charge in [-0.05, 0) is 33.6 Å². The number of amides is 1. The summed E-state index contributed by atoms with van der Waals surface area (Å²) >= 11 is 5.23. The molecule has 0 aromatic heterocycles. The lowest BCUT2D eigenvalue weighted by molar-refractivity contribution is -0.132. The minimum atomic E-state index is -0.520. The van der Waals surface area contributed by atoms with Gasteiger partial charge in [0, 0.05) is 0 Å². The first-order chi connectivity index (χ1) is 9.25. The number of nitrogens with two attached hydrogens (primary N) is 1. The highest BCUT2D eigenvalue weighted by Gasteiger charge is 2.35. The first-order valence-corrected chi connectivity index (χ1v) is 7.91. The van der Waals surface area contributed by atoms with E-state index in [1.165, 1.54) is 19.3 Å². The summed E-state index contributed by atoms with van der Waals surface area (Å²) in [5, 5.41) is 3.04. The van der Waals surface area contributed by atoms with Crippen LogP contribution < -0.4 is 11.1 Å². The van der Waals surface area contributed by atoms with Crippen molar-refractivity contribution in [3.05, 3.63) is 0 Å². The topological polar surface area (TPSA) is 64.3 Å². The molecule has 1 aliphatic carbocycles. The molecule has 0 radical (unpaired) electrons. The number of thiocarbonyl (C=S) groups is 1. The molecule has 1 fully saturated rings. The Morgan fingerprint density at radius 1 is 1.20 bits per heavy atom. The van der Waals surface area contributed by atoms with Gasteiger partial charge in [0.15, 0.2) is 0 Å². The standard InChI is InChI=1S/C15H28N2O2S/c1-14(2,3)19-11-12(18)17-15(13(16)20)9-7-5-4-6-8-10-15/h4-11H2,1-3H3,(H2,16,20)(H,17,18). The fourth-order valence-electron chi connectivity index (χ4n) is 2.53. The second-order valence-electron chi connectivity index (χ2n) is 6.66. The Morgan fingerprint density at radius 3 is 2.15 bits per heavy atom. The molecule has 4 nitrogen and oxygen atoms in total. The molecular formula is C15H28N2O2S. The molecule has 0 aromatic rings. The third-order valence-electron chi connectivity index (χ3n) is 3.69. The largest absolute Gasteiger partial charge is 0.391 e. The zero-order valence-corrected chi connectivity index (χ0v) is 13.8. The number of ether oxygens (including phenoxy) is 1. The number of carbonyl (C=O) groups is 1. The van der Waals surface area contributed by atoms with Crippen LogP contribution in [0.3, 0.4) is 0 Å².